The van der Waals surface area contributed by atoms with Gasteiger partial charge < -0.3 is 0 Å². The molecule has 0 N–H and O–H groups in total. The van der Waals surface area contributed by atoms with Crippen LogP contribution in [-0.2, 0) is 0 Å². The van der Waals surface area contributed by atoms with Crippen molar-refractivity contribution in [2.24, 2.45) is 0 Å². The Kier molecular flexibility index (Phi) is 5.15. The Morgan fingerprint density at radius 1 is 0.857 bits per heavy atom. The lowest BCUT2D eigenvalue weighted by Gasteiger charge is -1.95. The van der Waals surface area contributed by atoms with E-state index >= 15 is 0 Å². The Morgan fingerprint density at radius 3 is 1.36 bits per heavy atom. The SMILES string of the molecule is C=C(C=C[N+](=C)C)C(=C)C=C[N+](=C)C. The van der Waals surface area contributed by atoms with Gasteiger partial charge in [-0.1, -0.05) is 13.2 Å². The molecule has 2 nitrogen and oxygen atoms in total. The van der Waals surface area contributed by atoms with Crippen molar-refractivity contribution in [2.45, 2.75) is 0 Å². The largest absolute Gasteiger partial charge is 0.214 e. The summed E-state index contributed by atoms with van der Waals surface area (Å²) in [5, 5.41) is 0. The van der Waals surface area contributed by atoms with E-state index in [1.807, 2.05) is 38.6 Å². The third kappa shape index (κ3) is 5.89. The van der Waals surface area contributed by atoms with Gasteiger partial charge in [0.15, 0.2) is 12.4 Å². The molecule has 0 saturated heterocycles. The highest BCUT2D eigenvalue weighted by Gasteiger charge is 1.94. The Balaban J connectivity index is 4.35. The van der Waals surface area contributed by atoms with E-state index in [0.29, 0.717) is 0 Å². The van der Waals surface area contributed by atoms with Gasteiger partial charge in [0.2, 0.25) is 0 Å². The molecule has 0 saturated carbocycles. The maximum absolute atomic E-state index is 3.87. The highest BCUT2D eigenvalue weighted by atomic mass is 14.9. The molecule has 0 aromatic rings. The molecule has 0 fully saturated rings. The lowest BCUT2D eigenvalue weighted by Crippen LogP contribution is -1.91. The fraction of sp³-hybridized carbons (Fsp3) is 0.167. The molecule has 0 rings (SSSR count). The van der Waals surface area contributed by atoms with Crippen LogP contribution in [0, 0.1) is 0 Å². The zero-order valence-corrected chi connectivity index (χ0v) is 9.03. The average Bonchev–Trinajstić information content (AvgIpc) is 2.09. The van der Waals surface area contributed by atoms with E-state index in [1.54, 1.807) is 9.15 Å². The van der Waals surface area contributed by atoms with E-state index in [4.69, 9.17) is 0 Å². The van der Waals surface area contributed by atoms with Gasteiger partial charge in [-0.3, -0.25) is 0 Å². The van der Waals surface area contributed by atoms with E-state index in [0.717, 1.165) is 11.1 Å². The first-order valence-electron chi connectivity index (χ1n) is 4.24. The van der Waals surface area contributed by atoms with Crippen LogP contribution >= 0.6 is 0 Å². The van der Waals surface area contributed by atoms with Gasteiger partial charge in [-0.2, -0.15) is 0 Å². The van der Waals surface area contributed by atoms with Crippen LogP contribution in [0.4, 0.5) is 0 Å². The molecule has 0 heterocycles. The van der Waals surface area contributed by atoms with Crippen LogP contribution in [0.25, 0.3) is 0 Å². The first-order valence-corrected chi connectivity index (χ1v) is 4.24. The maximum Gasteiger partial charge on any atom is 0.168 e. The molecule has 0 aliphatic heterocycles. The van der Waals surface area contributed by atoms with Crippen LogP contribution < -0.4 is 0 Å². The highest BCUT2D eigenvalue weighted by Crippen LogP contribution is 2.07. The van der Waals surface area contributed by atoms with Gasteiger partial charge in [0, 0.05) is 12.2 Å². The summed E-state index contributed by atoms with van der Waals surface area (Å²) in [6, 6.07) is 0. The second kappa shape index (κ2) is 5.86. The van der Waals surface area contributed by atoms with Gasteiger partial charge in [0.25, 0.3) is 0 Å². The van der Waals surface area contributed by atoms with Gasteiger partial charge >= 0.3 is 0 Å². The molecule has 0 aliphatic carbocycles. The number of allylic oxidation sites excluding steroid dienone is 4. The standard InChI is InChI=1S/C12H18N2/c1-11(7-9-13(3)4)12(2)8-10-14(5)6/h7-10H,1-3,5H2,4,6H3/q+2. The molecule has 0 atom stereocenters. The molecular weight excluding hydrogens is 172 g/mol. The fourth-order valence-electron chi connectivity index (χ4n) is 0.649. The molecular formula is C12H18N2+2. The van der Waals surface area contributed by atoms with Gasteiger partial charge in [-0.15, -0.1) is 0 Å². The minimum Gasteiger partial charge on any atom is -0.214 e. The fourth-order valence-corrected chi connectivity index (χ4v) is 0.649. The van der Waals surface area contributed by atoms with Crippen molar-refractivity contribution in [1.29, 1.82) is 0 Å². The van der Waals surface area contributed by atoms with Crippen molar-refractivity contribution < 1.29 is 9.15 Å². The van der Waals surface area contributed by atoms with E-state index in [-0.39, 0.29) is 0 Å². The molecule has 0 unspecified atom stereocenters. The van der Waals surface area contributed by atoms with Crippen LogP contribution in [0.15, 0.2) is 48.9 Å². The third-order valence-electron chi connectivity index (χ3n) is 1.47. The lowest BCUT2D eigenvalue weighted by atomic mass is 10.1. The van der Waals surface area contributed by atoms with Crippen molar-refractivity contribution in [3.05, 3.63) is 48.9 Å². The summed E-state index contributed by atoms with van der Waals surface area (Å²) in [6.07, 6.45) is 7.38. The summed E-state index contributed by atoms with van der Waals surface area (Å²) in [5.41, 5.74) is 1.72. The predicted molar refractivity (Wildman–Crippen MR) is 63.2 cm³/mol. The highest BCUT2D eigenvalue weighted by molar-refractivity contribution is 5.41. The summed E-state index contributed by atoms with van der Waals surface area (Å²) < 4.78 is 3.41. The maximum atomic E-state index is 3.87. The molecule has 74 valence electrons. The van der Waals surface area contributed by atoms with Crippen LogP contribution in [0.2, 0.25) is 0 Å². The molecule has 2 heteroatoms. The summed E-state index contributed by atoms with van der Waals surface area (Å²) in [6.45, 7) is 15.1. The topological polar surface area (TPSA) is 6.02 Å². The quantitative estimate of drug-likeness (QED) is 0.354. The summed E-state index contributed by atoms with van der Waals surface area (Å²) in [5.74, 6) is 0. The lowest BCUT2D eigenvalue weighted by molar-refractivity contribution is -0.412. The summed E-state index contributed by atoms with van der Waals surface area (Å²) in [7, 11) is 3.71. The summed E-state index contributed by atoms with van der Waals surface area (Å²) in [4.78, 5) is 0. The van der Waals surface area contributed by atoms with Crippen LogP contribution in [0.5, 0.6) is 0 Å². The molecule has 0 radical (unpaired) electrons. The number of hydrogen-bond donors (Lipinski definition) is 0. The molecule has 0 aliphatic rings. The van der Waals surface area contributed by atoms with E-state index in [1.165, 1.54) is 0 Å². The molecule has 14 heavy (non-hydrogen) atoms. The van der Waals surface area contributed by atoms with Crippen molar-refractivity contribution in [3.63, 3.8) is 0 Å². The Hall–Kier alpha value is -1.70. The van der Waals surface area contributed by atoms with Crippen molar-refractivity contribution in [1.82, 2.24) is 0 Å². The minimum atomic E-state index is 0.860. The molecule has 0 aromatic carbocycles. The molecule has 0 spiro atoms. The molecule has 0 amide bonds. The van der Waals surface area contributed by atoms with Crippen LogP contribution in [0.1, 0.15) is 0 Å². The zero-order chi connectivity index (χ0) is 11.1. The monoisotopic (exact) mass is 190 g/mol. The first-order chi connectivity index (χ1) is 6.43. The zero-order valence-electron chi connectivity index (χ0n) is 9.03. The Morgan fingerprint density at radius 2 is 1.14 bits per heavy atom. The summed E-state index contributed by atoms with van der Waals surface area (Å²) >= 11 is 0. The van der Waals surface area contributed by atoms with E-state index in [2.05, 4.69) is 26.6 Å². The molecule has 0 aromatic heterocycles. The molecule has 0 bridgehead atoms. The van der Waals surface area contributed by atoms with Crippen molar-refractivity contribution >= 4 is 13.4 Å². The number of rotatable bonds is 5. The van der Waals surface area contributed by atoms with Gasteiger partial charge in [-0.05, 0) is 11.1 Å². The number of hydrogen-bond acceptors (Lipinski definition) is 0. The second-order valence-corrected chi connectivity index (χ2v) is 3.20. The average molecular weight is 190 g/mol. The van der Waals surface area contributed by atoms with Gasteiger partial charge in [0.1, 0.15) is 27.5 Å². The van der Waals surface area contributed by atoms with Crippen LogP contribution in [-0.4, -0.2) is 36.7 Å². The minimum absolute atomic E-state index is 0.860. The first kappa shape index (κ1) is 12.3. The van der Waals surface area contributed by atoms with E-state index < -0.39 is 0 Å². The Bertz CT molecular complexity index is 296. The second-order valence-electron chi connectivity index (χ2n) is 3.20. The van der Waals surface area contributed by atoms with Gasteiger partial charge in [0.05, 0.1) is 0 Å². The Labute approximate surface area is 86.2 Å². The van der Waals surface area contributed by atoms with Crippen molar-refractivity contribution in [3.8, 4) is 0 Å². The smallest absolute Gasteiger partial charge is 0.168 e. The van der Waals surface area contributed by atoms with E-state index in [9.17, 15) is 0 Å². The van der Waals surface area contributed by atoms with Crippen LogP contribution in [0.3, 0.4) is 0 Å². The van der Waals surface area contributed by atoms with Crippen molar-refractivity contribution in [2.75, 3.05) is 14.1 Å². The predicted octanol–water partition coefficient (Wildman–Crippen LogP) is 1.81. The normalized spacial score (nSPS) is 10.7. The third-order valence-corrected chi connectivity index (χ3v) is 1.47. The number of nitrogens with zero attached hydrogens (tertiary/aromatic N) is 2. The van der Waals surface area contributed by atoms with Gasteiger partial charge in [-0.25, -0.2) is 9.15 Å².